The third-order valence-electron chi connectivity index (χ3n) is 4.38. The monoisotopic (exact) mass is 409 g/mol. The molecule has 29 heavy (non-hydrogen) atoms. The van der Waals surface area contributed by atoms with Gasteiger partial charge in [0, 0.05) is 5.56 Å². The van der Waals surface area contributed by atoms with Gasteiger partial charge in [0.15, 0.2) is 6.04 Å². The van der Waals surface area contributed by atoms with Crippen molar-refractivity contribution in [1.82, 2.24) is 0 Å². The molecule has 154 valence electrons. The molecule has 0 unspecified atom stereocenters. The molecule has 0 aliphatic carbocycles. The number of imide groups is 1. The SMILES string of the molecule is CCOc1ccc(N2C(=O)C[C@@H]([NH2+]Cc3ccc(OC(F)(F)F)cc3)C2=O)cc1. The van der Waals surface area contributed by atoms with Crippen molar-refractivity contribution in [1.29, 1.82) is 0 Å². The molecule has 6 nitrogen and oxygen atoms in total. The van der Waals surface area contributed by atoms with Gasteiger partial charge in [0.25, 0.3) is 5.91 Å². The van der Waals surface area contributed by atoms with E-state index in [1.54, 1.807) is 29.6 Å². The number of ether oxygens (including phenoxy) is 2. The number of benzene rings is 2. The van der Waals surface area contributed by atoms with Crippen LogP contribution in [0, 0.1) is 0 Å². The molecule has 9 heteroatoms. The summed E-state index contributed by atoms with van der Waals surface area (Å²) in [7, 11) is 0. The lowest BCUT2D eigenvalue weighted by molar-refractivity contribution is -0.690. The van der Waals surface area contributed by atoms with Crippen molar-refractivity contribution in [3.8, 4) is 11.5 Å². The van der Waals surface area contributed by atoms with Gasteiger partial charge in [-0.25, -0.2) is 4.90 Å². The second-order valence-corrected chi connectivity index (χ2v) is 6.44. The second-order valence-electron chi connectivity index (χ2n) is 6.44. The van der Waals surface area contributed by atoms with Crippen LogP contribution in [0.2, 0.25) is 0 Å². The molecule has 1 atom stereocenters. The van der Waals surface area contributed by atoms with Crippen LogP contribution < -0.4 is 19.7 Å². The minimum absolute atomic E-state index is 0.0569. The van der Waals surface area contributed by atoms with Crippen LogP contribution >= 0.6 is 0 Å². The molecule has 1 heterocycles. The Morgan fingerprint density at radius 3 is 2.24 bits per heavy atom. The lowest BCUT2D eigenvalue weighted by atomic mass is 10.2. The number of nitrogens with two attached hydrogens (primary N) is 1. The molecule has 2 amide bonds. The Balaban J connectivity index is 1.60. The first-order valence-electron chi connectivity index (χ1n) is 9.04. The Hall–Kier alpha value is -3.07. The van der Waals surface area contributed by atoms with E-state index in [0.29, 0.717) is 30.2 Å². The molecule has 2 aromatic rings. The molecular weight excluding hydrogens is 389 g/mol. The molecule has 0 saturated carbocycles. The zero-order valence-corrected chi connectivity index (χ0v) is 15.6. The Morgan fingerprint density at radius 2 is 1.66 bits per heavy atom. The fourth-order valence-electron chi connectivity index (χ4n) is 3.07. The predicted octanol–water partition coefficient (Wildman–Crippen LogP) is 2.38. The number of hydrogen-bond acceptors (Lipinski definition) is 4. The molecular formula is C20H20F3N2O4+. The summed E-state index contributed by atoms with van der Waals surface area (Å²) in [5, 5.41) is 1.70. The van der Waals surface area contributed by atoms with Crippen LogP contribution in [0.1, 0.15) is 18.9 Å². The van der Waals surface area contributed by atoms with Gasteiger partial charge in [0.2, 0.25) is 5.91 Å². The largest absolute Gasteiger partial charge is 0.573 e. The number of carbonyl (C=O) groups is 2. The number of quaternary nitrogens is 1. The van der Waals surface area contributed by atoms with Gasteiger partial charge in [-0.15, -0.1) is 13.2 Å². The molecule has 0 radical (unpaired) electrons. The minimum atomic E-state index is -4.74. The summed E-state index contributed by atoms with van der Waals surface area (Å²) in [5.41, 5.74) is 1.19. The summed E-state index contributed by atoms with van der Waals surface area (Å²) in [5.74, 6) is -0.281. The lowest BCUT2D eigenvalue weighted by Gasteiger charge is -2.15. The molecule has 1 aliphatic heterocycles. The molecule has 0 bridgehead atoms. The summed E-state index contributed by atoms with van der Waals surface area (Å²) >= 11 is 0. The number of alkyl halides is 3. The highest BCUT2D eigenvalue weighted by molar-refractivity contribution is 6.21. The van der Waals surface area contributed by atoms with E-state index in [4.69, 9.17) is 4.74 Å². The Kier molecular flexibility index (Phi) is 6.07. The van der Waals surface area contributed by atoms with Crippen molar-refractivity contribution in [2.45, 2.75) is 32.3 Å². The highest BCUT2D eigenvalue weighted by Gasteiger charge is 2.42. The fourth-order valence-corrected chi connectivity index (χ4v) is 3.07. The maximum atomic E-state index is 12.7. The summed E-state index contributed by atoms with van der Waals surface area (Å²) in [6.45, 7) is 2.72. The summed E-state index contributed by atoms with van der Waals surface area (Å²) in [6, 6.07) is 11.5. The maximum Gasteiger partial charge on any atom is 0.573 e. The zero-order valence-electron chi connectivity index (χ0n) is 15.6. The van der Waals surface area contributed by atoms with E-state index in [9.17, 15) is 22.8 Å². The molecule has 1 fully saturated rings. The van der Waals surface area contributed by atoms with Gasteiger partial charge in [0.1, 0.15) is 18.0 Å². The smallest absolute Gasteiger partial charge is 0.494 e. The normalized spacial score (nSPS) is 17.0. The van der Waals surface area contributed by atoms with Crippen molar-refractivity contribution >= 4 is 17.5 Å². The van der Waals surface area contributed by atoms with Crippen molar-refractivity contribution < 1.29 is 37.6 Å². The van der Waals surface area contributed by atoms with E-state index in [1.165, 1.54) is 24.3 Å². The number of rotatable bonds is 7. The lowest BCUT2D eigenvalue weighted by Crippen LogP contribution is -2.90. The Labute approximate surface area is 165 Å². The van der Waals surface area contributed by atoms with Crippen LogP contribution in [-0.2, 0) is 16.1 Å². The fraction of sp³-hybridized carbons (Fsp3) is 0.300. The first-order chi connectivity index (χ1) is 13.8. The maximum absolute atomic E-state index is 12.7. The number of carbonyl (C=O) groups excluding carboxylic acids is 2. The third-order valence-corrected chi connectivity index (χ3v) is 4.38. The third kappa shape index (κ3) is 5.26. The van der Waals surface area contributed by atoms with Crippen LogP contribution in [0.25, 0.3) is 0 Å². The van der Waals surface area contributed by atoms with Gasteiger partial charge in [-0.1, -0.05) is 0 Å². The highest BCUT2D eigenvalue weighted by atomic mass is 19.4. The number of amides is 2. The minimum Gasteiger partial charge on any atom is -0.494 e. The molecule has 0 spiro atoms. The molecule has 0 aromatic heterocycles. The summed E-state index contributed by atoms with van der Waals surface area (Å²) in [6.07, 6.45) is -4.68. The highest BCUT2D eigenvalue weighted by Crippen LogP contribution is 2.25. The van der Waals surface area contributed by atoms with Crippen LogP contribution in [0.5, 0.6) is 11.5 Å². The standard InChI is InChI=1S/C20H19F3N2O4/c1-2-28-15-9-5-14(6-10-15)25-18(26)11-17(19(25)27)24-12-13-3-7-16(8-4-13)29-20(21,22)23/h3-10,17,24H,2,11-12H2,1H3/p+1/t17-/m1/s1. The van der Waals surface area contributed by atoms with Gasteiger partial charge in [-0.2, -0.15) is 0 Å². The number of anilines is 1. The Morgan fingerprint density at radius 1 is 1.03 bits per heavy atom. The quantitative estimate of drug-likeness (QED) is 0.713. The van der Waals surface area contributed by atoms with Gasteiger partial charge in [0.05, 0.1) is 18.7 Å². The van der Waals surface area contributed by atoms with Crippen molar-refractivity contribution in [2.24, 2.45) is 0 Å². The van der Waals surface area contributed by atoms with E-state index in [2.05, 4.69) is 4.74 Å². The van der Waals surface area contributed by atoms with E-state index in [1.807, 2.05) is 6.92 Å². The van der Waals surface area contributed by atoms with Gasteiger partial charge in [-0.3, -0.25) is 9.59 Å². The van der Waals surface area contributed by atoms with Gasteiger partial charge in [-0.05, 0) is 55.5 Å². The number of halogens is 3. The average Bonchev–Trinajstić information content (AvgIpc) is 2.94. The Bertz CT molecular complexity index is 867. The van der Waals surface area contributed by atoms with Crippen molar-refractivity contribution in [2.75, 3.05) is 11.5 Å². The molecule has 2 aromatic carbocycles. The average molecular weight is 409 g/mol. The second kappa shape index (κ2) is 8.52. The first-order valence-corrected chi connectivity index (χ1v) is 9.04. The van der Waals surface area contributed by atoms with E-state index in [0.717, 1.165) is 4.90 Å². The van der Waals surface area contributed by atoms with Crippen molar-refractivity contribution in [3.05, 3.63) is 54.1 Å². The topological polar surface area (TPSA) is 72.4 Å². The van der Waals surface area contributed by atoms with Crippen LogP contribution in [0.3, 0.4) is 0 Å². The molecule has 2 N–H and O–H groups in total. The van der Waals surface area contributed by atoms with E-state index >= 15 is 0 Å². The number of hydrogen-bond donors (Lipinski definition) is 1. The molecule has 3 rings (SSSR count). The molecule has 1 saturated heterocycles. The van der Waals surface area contributed by atoms with Crippen LogP contribution in [0.4, 0.5) is 18.9 Å². The van der Waals surface area contributed by atoms with Gasteiger partial charge >= 0.3 is 6.36 Å². The van der Waals surface area contributed by atoms with E-state index in [-0.39, 0.29) is 24.0 Å². The first kappa shape index (κ1) is 20.7. The summed E-state index contributed by atoms with van der Waals surface area (Å²) in [4.78, 5) is 26.1. The van der Waals surface area contributed by atoms with E-state index < -0.39 is 12.4 Å². The van der Waals surface area contributed by atoms with Crippen LogP contribution in [-0.4, -0.2) is 30.8 Å². The van der Waals surface area contributed by atoms with Gasteiger partial charge < -0.3 is 14.8 Å². The van der Waals surface area contributed by atoms with Crippen LogP contribution in [0.15, 0.2) is 48.5 Å². The zero-order chi connectivity index (χ0) is 21.0. The predicted molar refractivity (Wildman–Crippen MR) is 97.3 cm³/mol. The van der Waals surface area contributed by atoms with Crippen molar-refractivity contribution in [3.63, 3.8) is 0 Å². The number of nitrogens with zero attached hydrogens (tertiary/aromatic N) is 1. The molecule has 1 aliphatic rings. The summed E-state index contributed by atoms with van der Waals surface area (Å²) < 4.78 is 45.8.